The molecule has 22 heavy (non-hydrogen) atoms. The molecular weight excluding hydrogens is 300 g/mol. The van der Waals surface area contributed by atoms with Gasteiger partial charge in [0.25, 0.3) is 0 Å². The van der Waals surface area contributed by atoms with Crippen LogP contribution in [0.3, 0.4) is 0 Å². The molecule has 1 aromatic heterocycles. The Morgan fingerprint density at radius 1 is 1.36 bits per heavy atom. The van der Waals surface area contributed by atoms with E-state index in [9.17, 15) is 4.79 Å². The molecule has 0 saturated heterocycles. The van der Waals surface area contributed by atoms with Crippen molar-refractivity contribution < 1.29 is 14.6 Å². The van der Waals surface area contributed by atoms with Gasteiger partial charge in [0.1, 0.15) is 17.2 Å². The summed E-state index contributed by atoms with van der Waals surface area (Å²) in [5, 5.41) is 12.7. The minimum absolute atomic E-state index is 0.271. The molecule has 0 aliphatic heterocycles. The highest BCUT2D eigenvalue weighted by molar-refractivity contribution is 7.17. The van der Waals surface area contributed by atoms with E-state index in [1.54, 1.807) is 6.92 Å². The molecule has 5 nitrogen and oxygen atoms in total. The number of thiazole rings is 1. The van der Waals surface area contributed by atoms with Crippen molar-refractivity contribution in [1.82, 2.24) is 4.98 Å². The highest BCUT2D eigenvalue weighted by Gasteiger charge is 2.13. The zero-order chi connectivity index (χ0) is 16.1. The normalized spacial score (nSPS) is 10.7. The first-order valence-electron chi connectivity index (χ1n) is 7.14. The molecule has 1 heterocycles. The number of hydrogen-bond donors (Lipinski definition) is 2. The van der Waals surface area contributed by atoms with Crippen LogP contribution in [0.5, 0.6) is 5.75 Å². The van der Waals surface area contributed by atoms with Gasteiger partial charge in [-0.3, -0.25) is 0 Å². The van der Waals surface area contributed by atoms with Gasteiger partial charge in [0, 0.05) is 0 Å². The molecule has 0 atom stereocenters. The van der Waals surface area contributed by atoms with Crippen molar-refractivity contribution in [3.05, 3.63) is 40.4 Å². The molecule has 0 bridgehead atoms. The van der Waals surface area contributed by atoms with E-state index in [0.717, 1.165) is 17.1 Å². The van der Waals surface area contributed by atoms with Crippen LogP contribution in [-0.2, 0) is 0 Å². The number of carbonyl (C=O) groups is 1. The third-order valence-electron chi connectivity index (χ3n) is 3.18. The Morgan fingerprint density at radius 2 is 2.05 bits per heavy atom. The summed E-state index contributed by atoms with van der Waals surface area (Å²) in [7, 11) is 0. The predicted molar refractivity (Wildman–Crippen MR) is 88.3 cm³/mol. The summed E-state index contributed by atoms with van der Waals surface area (Å²) in [4.78, 5) is 15.4. The summed E-state index contributed by atoms with van der Waals surface area (Å²) in [6, 6.07) is 8.06. The highest BCUT2D eigenvalue weighted by Crippen LogP contribution is 2.22. The summed E-state index contributed by atoms with van der Waals surface area (Å²) in [5.74, 6) is 0.393. The Hall–Kier alpha value is -2.08. The van der Waals surface area contributed by atoms with Crippen LogP contribution in [0.15, 0.2) is 24.3 Å². The first-order valence-corrected chi connectivity index (χ1v) is 7.96. The maximum Gasteiger partial charge on any atom is 0.347 e. The molecule has 2 aromatic rings. The summed E-state index contributed by atoms with van der Waals surface area (Å²) in [6.07, 6.45) is 0. The Bertz CT molecular complexity index is 635. The Balaban J connectivity index is 1.79. The van der Waals surface area contributed by atoms with E-state index in [4.69, 9.17) is 9.84 Å². The van der Waals surface area contributed by atoms with Crippen molar-refractivity contribution >= 4 is 22.4 Å². The van der Waals surface area contributed by atoms with Crippen LogP contribution in [0.1, 0.15) is 40.7 Å². The smallest absolute Gasteiger partial charge is 0.347 e. The van der Waals surface area contributed by atoms with Crippen LogP contribution in [-0.4, -0.2) is 29.2 Å². The second kappa shape index (κ2) is 7.26. The molecule has 0 fully saturated rings. The third-order valence-corrected chi connectivity index (χ3v) is 4.29. The molecule has 2 N–H and O–H groups in total. The lowest BCUT2D eigenvalue weighted by atomic mass is 10.0. The fourth-order valence-electron chi connectivity index (χ4n) is 1.95. The molecule has 0 spiro atoms. The average molecular weight is 320 g/mol. The number of nitrogens with zero attached hydrogens (tertiary/aromatic N) is 1. The van der Waals surface area contributed by atoms with Crippen molar-refractivity contribution in [2.45, 2.75) is 26.7 Å². The van der Waals surface area contributed by atoms with Crippen LogP contribution >= 0.6 is 11.3 Å². The van der Waals surface area contributed by atoms with Gasteiger partial charge >= 0.3 is 5.97 Å². The number of carboxylic acid groups (broad SMARTS) is 1. The molecule has 0 aliphatic rings. The number of ether oxygens (including phenoxy) is 1. The van der Waals surface area contributed by atoms with Gasteiger partial charge in [0.15, 0.2) is 5.13 Å². The van der Waals surface area contributed by atoms with Gasteiger partial charge in [-0.05, 0) is 30.5 Å². The fourth-order valence-corrected chi connectivity index (χ4v) is 2.78. The number of aromatic carboxylic acids is 1. The lowest BCUT2D eigenvalue weighted by Crippen LogP contribution is -2.11. The third kappa shape index (κ3) is 4.21. The molecule has 118 valence electrons. The SMILES string of the molecule is Cc1nc(NCCOc2ccc(C(C)C)cc2)sc1C(=O)O. The Labute approximate surface area is 134 Å². The van der Waals surface area contributed by atoms with Gasteiger partial charge in [0.05, 0.1) is 12.2 Å². The van der Waals surface area contributed by atoms with Gasteiger partial charge in [-0.15, -0.1) is 0 Å². The molecule has 0 amide bonds. The molecule has 1 aromatic carbocycles. The summed E-state index contributed by atoms with van der Waals surface area (Å²) >= 11 is 1.14. The first-order chi connectivity index (χ1) is 10.5. The topological polar surface area (TPSA) is 71.5 Å². The average Bonchev–Trinajstić information content (AvgIpc) is 2.85. The molecule has 0 aliphatic carbocycles. The van der Waals surface area contributed by atoms with Crippen molar-refractivity contribution in [3.63, 3.8) is 0 Å². The van der Waals surface area contributed by atoms with E-state index in [1.165, 1.54) is 5.56 Å². The number of aromatic nitrogens is 1. The number of anilines is 1. The Kier molecular flexibility index (Phi) is 5.38. The Morgan fingerprint density at radius 3 is 2.59 bits per heavy atom. The second-order valence-corrected chi connectivity index (χ2v) is 6.24. The van der Waals surface area contributed by atoms with Crippen molar-refractivity contribution in [3.8, 4) is 5.75 Å². The molecular formula is C16H20N2O3S. The summed E-state index contributed by atoms with van der Waals surface area (Å²) in [6.45, 7) is 7.06. The number of aryl methyl sites for hydroxylation is 1. The second-order valence-electron chi connectivity index (χ2n) is 5.24. The van der Waals surface area contributed by atoms with Crippen molar-refractivity contribution in [2.24, 2.45) is 0 Å². The summed E-state index contributed by atoms with van der Waals surface area (Å²) in [5.41, 5.74) is 1.81. The van der Waals surface area contributed by atoms with E-state index < -0.39 is 5.97 Å². The number of nitrogens with one attached hydrogen (secondary N) is 1. The molecule has 0 unspecified atom stereocenters. The van der Waals surface area contributed by atoms with Gasteiger partial charge in [-0.1, -0.05) is 37.3 Å². The van der Waals surface area contributed by atoms with E-state index >= 15 is 0 Å². The molecule has 2 rings (SSSR count). The summed E-state index contributed by atoms with van der Waals surface area (Å²) < 4.78 is 5.64. The fraction of sp³-hybridized carbons (Fsp3) is 0.375. The van der Waals surface area contributed by atoms with Crippen LogP contribution in [0.2, 0.25) is 0 Å². The number of carboxylic acids is 1. The zero-order valence-corrected chi connectivity index (χ0v) is 13.7. The molecule has 0 saturated carbocycles. The van der Waals surface area contributed by atoms with Crippen LogP contribution < -0.4 is 10.1 Å². The van der Waals surface area contributed by atoms with Gasteiger partial charge in [-0.25, -0.2) is 9.78 Å². The minimum Gasteiger partial charge on any atom is -0.492 e. The largest absolute Gasteiger partial charge is 0.492 e. The van der Waals surface area contributed by atoms with E-state index in [1.807, 2.05) is 12.1 Å². The van der Waals surface area contributed by atoms with Gasteiger partial charge < -0.3 is 15.2 Å². The van der Waals surface area contributed by atoms with Crippen LogP contribution in [0.4, 0.5) is 5.13 Å². The lowest BCUT2D eigenvalue weighted by molar-refractivity contribution is 0.0701. The monoisotopic (exact) mass is 320 g/mol. The zero-order valence-electron chi connectivity index (χ0n) is 12.9. The van der Waals surface area contributed by atoms with Crippen molar-refractivity contribution in [1.29, 1.82) is 0 Å². The minimum atomic E-state index is -0.940. The first kappa shape index (κ1) is 16.3. The number of benzene rings is 1. The maximum absolute atomic E-state index is 10.9. The molecule has 0 radical (unpaired) electrons. The van der Waals surface area contributed by atoms with E-state index in [-0.39, 0.29) is 4.88 Å². The highest BCUT2D eigenvalue weighted by atomic mass is 32.1. The standard InChI is InChI=1S/C16H20N2O3S/c1-10(2)12-4-6-13(7-5-12)21-9-8-17-16-18-11(3)14(22-16)15(19)20/h4-7,10H,8-9H2,1-3H3,(H,17,18)(H,19,20). The van der Waals surface area contributed by atoms with Gasteiger partial charge in [-0.2, -0.15) is 0 Å². The van der Waals surface area contributed by atoms with Crippen molar-refractivity contribution in [2.75, 3.05) is 18.5 Å². The molecule has 6 heteroatoms. The lowest BCUT2D eigenvalue weighted by Gasteiger charge is -2.09. The van der Waals surface area contributed by atoms with Gasteiger partial charge in [0.2, 0.25) is 0 Å². The van der Waals surface area contributed by atoms with Crippen LogP contribution in [0.25, 0.3) is 0 Å². The number of hydrogen-bond acceptors (Lipinski definition) is 5. The maximum atomic E-state index is 10.9. The van der Waals surface area contributed by atoms with Crippen LogP contribution in [0, 0.1) is 6.92 Å². The quantitative estimate of drug-likeness (QED) is 0.760. The van der Waals surface area contributed by atoms with E-state index in [0.29, 0.717) is 29.9 Å². The van der Waals surface area contributed by atoms with E-state index in [2.05, 4.69) is 36.3 Å². The predicted octanol–water partition coefficient (Wildman–Crippen LogP) is 3.76. The number of rotatable bonds is 7.